The SMILES string of the molecule is CCN(CC)S(=O)(=O)c1ccc2c(c1)nc(SCC(=O)C=C1N(C)c3ccccc3C1(C)C)n2-c1ccccc1OC. The number of rotatable bonds is 10. The first kappa shape index (κ1) is 29.9. The standard InChI is InChI=1S/C32H36N4O4S2/c1-7-35(8-2)42(38,39)23-17-18-27-25(20-23)33-31(36(27)28-15-11-12-16-29(28)40-6)41-21-22(37)19-30-32(3,4)24-13-9-10-14-26(24)34(30)5/h9-20H,7-8,21H2,1-6H3. The number of carbonyl (C=O) groups excluding carboxylic acids is 1. The van der Waals surface area contributed by atoms with Crippen LogP contribution >= 0.6 is 11.8 Å². The molecule has 3 aromatic carbocycles. The van der Waals surface area contributed by atoms with Gasteiger partial charge in [0.05, 0.1) is 34.5 Å². The normalized spacial score (nSPS) is 15.5. The molecule has 1 aromatic heterocycles. The number of allylic oxidation sites excluding steroid dienone is 2. The van der Waals surface area contributed by atoms with Crippen molar-refractivity contribution in [2.45, 2.75) is 43.2 Å². The topological polar surface area (TPSA) is 84.7 Å². The van der Waals surface area contributed by atoms with Crippen molar-refractivity contribution in [1.82, 2.24) is 13.9 Å². The second-order valence-corrected chi connectivity index (χ2v) is 13.5. The second-order valence-electron chi connectivity index (χ2n) is 10.6. The first-order chi connectivity index (χ1) is 20.0. The number of aromatic nitrogens is 2. The molecule has 0 saturated carbocycles. The van der Waals surface area contributed by atoms with Gasteiger partial charge in [0.1, 0.15) is 5.75 Å². The van der Waals surface area contributed by atoms with Gasteiger partial charge >= 0.3 is 0 Å². The Labute approximate surface area is 252 Å². The molecule has 0 saturated heterocycles. The molecule has 4 aromatic rings. The highest BCUT2D eigenvalue weighted by molar-refractivity contribution is 7.99. The summed E-state index contributed by atoms with van der Waals surface area (Å²) in [5, 5.41) is 0.570. The van der Waals surface area contributed by atoms with E-state index in [1.54, 1.807) is 31.4 Å². The maximum atomic E-state index is 13.4. The number of carbonyl (C=O) groups is 1. The van der Waals surface area contributed by atoms with Gasteiger partial charge in [0.15, 0.2) is 10.9 Å². The maximum absolute atomic E-state index is 13.4. The summed E-state index contributed by atoms with van der Waals surface area (Å²) in [6.07, 6.45) is 1.73. The third-order valence-electron chi connectivity index (χ3n) is 7.85. The molecule has 0 radical (unpaired) electrons. The molecule has 8 nitrogen and oxygen atoms in total. The Morgan fingerprint density at radius 3 is 2.36 bits per heavy atom. The molecule has 1 aliphatic heterocycles. The number of ketones is 1. The Bertz CT molecular complexity index is 1790. The minimum atomic E-state index is -3.67. The Kier molecular flexibility index (Phi) is 8.24. The zero-order chi connectivity index (χ0) is 30.2. The van der Waals surface area contributed by atoms with Crippen LogP contribution in [0.5, 0.6) is 5.75 Å². The van der Waals surface area contributed by atoms with Crippen molar-refractivity contribution in [1.29, 1.82) is 0 Å². The van der Waals surface area contributed by atoms with E-state index in [1.807, 2.05) is 61.9 Å². The molecule has 0 aliphatic carbocycles. The molecule has 0 unspecified atom stereocenters. The van der Waals surface area contributed by atoms with E-state index in [0.717, 1.165) is 22.6 Å². The van der Waals surface area contributed by atoms with Gasteiger partial charge in [-0.25, -0.2) is 13.4 Å². The van der Waals surface area contributed by atoms with Gasteiger partial charge in [0, 0.05) is 43.0 Å². The molecule has 0 fully saturated rings. The molecule has 0 spiro atoms. The molecule has 10 heteroatoms. The summed E-state index contributed by atoms with van der Waals surface area (Å²) in [6, 6.07) is 20.8. The van der Waals surface area contributed by atoms with Gasteiger partial charge in [-0.3, -0.25) is 9.36 Å². The lowest BCUT2D eigenvalue weighted by Crippen LogP contribution is -2.30. The number of sulfonamides is 1. The van der Waals surface area contributed by atoms with E-state index in [0.29, 0.717) is 29.5 Å². The fraction of sp³-hybridized carbons (Fsp3) is 0.312. The minimum absolute atomic E-state index is 0.0360. The number of hydrogen-bond acceptors (Lipinski definition) is 7. The van der Waals surface area contributed by atoms with Gasteiger partial charge in [-0.05, 0) is 42.0 Å². The highest BCUT2D eigenvalue weighted by Gasteiger charge is 2.38. The van der Waals surface area contributed by atoms with Crippen molar-refractivity contribution in [3.05, 3.63) is 84.1 Å². The Balaban J connectivity index is 1.53. The van der Waals surface area contributed by atoms with Crippen LogP contribution in [-0.2, 0) is 20.2 Å². The zero-order valence-electron chi connectivity index (χ0n) is 24.8. The third-order valence-corrected chi connectivity index (χ3v) is 10.9. The largest absolute Gasteiger partial charge is 0.495 e. The first-order valence-electron chi connectivity index (χ1n) is 13.9. The average Bonchev–Trinajstić information content (AvgIpc) is 3.44. The number of anilines is 1. The van der Waals surface area contributed by atoms with Crippen LogP contribution in [0.25, 0.3) is 16.7 Å². The second kappa shape index (κ2) is 11.6. The van der Waals surface area contributed by atoms with Crippen LogP contribution < -0.4 is 9.64 Å². The highest BCUT2D eigenvalue weighted by Crippen LogP contribution is 2.46. The Hall–Kier alpha value is -3.60. The summed E-state index contributed by atoms with van der Waals surface area (Å²) < 4.78 is 35.5. The predicted octanol–water partition coefficient (Wildman–Crippen LogP) is 6.04. The summed E-state index contributed by atoms with van der Waals surface area (Å²) in [6.45, 7) is 8.66. The molecular weight excluding hydrogens is 569 g/mol. The molecule has 42 heavy (non-hydrogen) atoms. The first-order valence-corrected chi connectivity index (χ1v) is 16.3. The summed E-state index contributed by atoms with van der Waals surface area (Å²) in [4.78, 5) is 20.5. The molecule has 0 atom stereocenters. The van der Waals surface area contributed by atoms with Gasteiger partial charge in [0.2, 0.25) is 10.0 Å². The lowest BCUT2D eigenvalue weighted by Gasteiger charge is -2.23. The van der Waals surface area contributed by atoms with Crippen LogP contribution in [0.15, 0.2) is 88.6 Å². The highest BCUT2D eigenvalue weighted by atomic mass is 32.2. The zero-order valence-corrected chi connectivity index (χ0v) is 26.4. The van der Waals surface area contributed by atoms with E-state index in [-0.39, 0.29) is 21.8 Å². The Morgan fingerprint density at radius 1 is 1.02 bits per heavy atom. The molecule has 0 bridgehead atoms. The van der Waals surface area contributed by atoms with Crippen LogP contribution in [0.4, 0.5) is 5.69 Å². The number of hydrogen-bond donors (Lipinski definition) is 0. The van der Waals surface area contributed by atoms with Gasteiger partial charge < -0.3 is 9.64 Å². The van der Waals surface area contributed by atoms with Crippen molar-refractivity contribution in [3.8, 4) is 11.4 Å². The van der Waals surface area contributed by atoms with E-state index in [1.165, 1.54) is 21.6 Å². The summed E-state index contributed by atoms with van der Waals surface area (Å²) in [5.41, 5.74) is 4.92. The summed E-state index contributed by atoms with van der Waals surface area (Å²) in [7, 11) is -0.0707. The molecule has 220 valence electrons. The quantitative estimate of drug-likeness (QED) is 0.161. The monoisotopic (exact) mass is 604 g/mol. The number of benzene rings is 3. The third kappa shape index (κ3) is 5.12. The van der Waals surface area contributed by atoms with Crippen LogP contribution in [0.1, 0.15) is 33.3 Å². The van der Waals surface area contributed by atoms with Crippen molar-refractivity contribution >= 4 is 44.3 Å². The van der Waals surface area contributed by atoms with E-state index >= 15 is 0 Å². The number of nitrogens with zero attached hydrogens (tertiary/aromatic N) is 4. The molecule has 0 N–H and O–H groups in total. The number of thioether (sulfide) groups is 1. The summed E-state index contributed by atoms with van der Waals surface area (Å²) >= 11 is 1.32. The summed E-state index contributed by atoms with van der Waals surface area (Å²) in [5.74, 6) is 0.762. The van der Waals surface area contributed by atoms with E-state index in [9.17, 15) is 13.2 Å². The van der Waals surface area contributed by atoms with Crippen molar-refractivity contribution < 1.29 is 17.9 Å². The Morgan fingerprint density at radius 2 is 1.69 bits per heavy atom. The van der Waals surface area contributed by atoms with Gasteiger partial charge in [-0.1, -0.05) is 69.8 Å². The van der Waals surface area contributed by atoms with Gasteiger partial charge in [-0.15, -0.1) is 0 Å². The van der Waals surface area contributed by atoms with Crippen LogP contribution in [0, 0.1) is 0 Å². The average molecular weight is 605 g/mol. The predicted molar refractivity (Wildman–Crippen MR) is 169 cm³/mol. The van der Waals surface area contributed by atoms with Crippen molar-refractivity contribution in [2.24, 2.45) is 0 Å². The van der Waals surface area contributed by atoms with E-state index in [4.69, 9.17) is 9.72 Å². The van der Waals surface area contributed by atoms with Crippen LogP contribution in [0.2, 0.25) is 0 Å². The van der Waals surface area contributed by atoms with E-state index in [2.05, 4.69) is 30.9 Å². The maximum Gasteiger partial charge on any atom is 0.243 e. The fourth-order valence-corrected chi connectivity index (χ4v) is 7.97. The minimum Gasteiger partial charge on any atom is -0.495 e. The van der Waals surface area contributed by atoms with Crippen molar-refractivity contribution in [2.75, 3.05) is 37.9 Å². The lowest BCUT2D eigenvalue weighted by atomic mass is 9.83. The number of likely N-dealkylation sites (N-methyl/N-ethyl adjacent to an activating group) is 1. The number of imidazole rings is 1. The van der Waals surface area contributed by atoms with E-state index < -0.39 is 10.0 Å². The molecule has 0 amide bonds. The number of ether oxygens (including phenoxy) is 1. The number of methoxy groups -OCH3 is 1. The smallest absolute Gasteiger partial charge is 0.243 e. The van der Waals surface area contributed by atoms with Crippen LogP contribution in [-0.4, -0.2) is 61.1 Å². The van der Waals surface area contributed by atoms with Crippen LogP contribution in [0.3, 0.4) is 0 Å². The molecule has 5 rings (SSSR count). The van der Waals surface area contributed by atoms with Crippen molar-refractivity contribution in [3.63, 3.8) is 0 Å². The van der Waals surface area contributed by atoms with Gasteiger partial charge in [0.25, 0.3) is 0 Å². The van der Waals surface area contributed by atoms with Gasteiger partial charge in [-0.2, -0.15) is 4.31 Å². The number of fused-ring (bicyclic) bond motifs is 2. The molecule has 2 heterocycles. The fourth-order valence-electron chi connectivity index (χ4n) is 5.64. The molecule has 1 aliphatic rings. The lowest BCUT2D eigenvalue weighted by molar-refractivity contribution is -0.112. The number of para-hydroxylation sites is 3. The molecular formula is C32H36N4O4S2.